The number of hydrogen-bond acceptors (Lipinski definition) is 3. The van der Waals surface area contributed by atoms with E-state index < -0.39 is 7.52 Å². The van der Waals surface area contributed by atoms with Crippen molar-refractivity contribution in [1.29, 1.82) is 0 Å². The van der Waals surface area contributed by atoms with Crippen molar-refractivity contribution in [1.82, 2.24) is 0 Å². The van der Waals surface area contributed by atoms with Crippen molar-refractivity contribution in [2.45, 2.75) is 46.1 Å². The number of nitrogens with zero attached hydrogens (tertiary/aromatic N) is 1. The molecule has 3 rings (SSSR count). The Hall–Kier alpha value is -1.77. The molecule has 1 aliphatic carbocycles. The number of benzene rings is 2. The van der Waals surface area contributed by atoms with Crippen LogP contribution in [0.3, 0.4) is 0 Å². The standard InChI is InChI=1S/C24H35N2O2P/c1-18(2)23-16-11-19(3)17-24(23)28-29(27,22-9-7-6-8-10-22)25-20-12-14-21(15-13-20)26(4)5/h6-10,12-15,18-19,23-24H,11,16-17H2,1-5H3,(H,25,27)/t19-,23-,24-,29-/m1/s1. The van der Waals surface area contributed by atoms with Crippen molar-refractivity contribution in [3.05, 3.63) is 54.6 Å². The van der Waals surface area contributed by atoms with Crippen LogP contribution in [0.15, 0.2) is 54.6 Å². The number of anilines is 2. The van der Waals surface area contributed by atoms with E-state index in [0.717, 1.165) is 29.5 Å². The molecule has 0 radical (unpaired) electrons. The van der Waals surface area contributed by atoms with Gasteiger partial charge in [0, 0.05) is 25.5 Å². The third kappa shape index (κ3) is 5.43. The van der Waals surface area contributed by atoms with Gasteiger partial charge in [-0.25, -0.2) is 0 Å². The van der Waals surface area contributed by atoms with Gasteiger partial charge in [-0.2, -0.15) is 0 Å². The lowest BCUT2D eigenvalue weighted by Crippen LogP contribution is -2.35. The lowest BCUT2D eigenvalue weighted by atomic mass is 9.75. The fourth-order valence-corrected chi connectivity index (χ4v) is 6.19. The van der Waals surface area contributed by atoms with Gasteiger partial charge in [0.2, 0.25) is 0 Å². The highest BCUT2D eigenvalue weighted by molar-refractivity contribution is 7.68. The second-order valence-electron chi connectivity index (χ2n) is 8.91. The quantitative estimate of drug-likeness (QED) is 0.551. The summed E-state index contributed by atoms with van der Waals surface area (Å²) in [5.41, 5.74) is 1.92. The van der Waals surface area contributed by atoms with Gasteiger partial charge in [0.05, 0.1) is 11.4 Å². The number of rotatable bonds is 7. The van der Waals surface area contributed by atoms with E-state index in [1.165, 1.54) is 6.42 Å². The van der Waals surface area contributed by atoms with E-state index in [4.69, 9.17) is 4.52 Å². The number of hydrogen-bond donors (Lipinski definition) is 1. The molecule has 0 spiro atoms. The molecule has 0 bridgehead atoms. The Bertz CT molecular complexity index is 821. The molecular weight excluding hydrogens is 379 g/mol. The fourth-order valence-electron chi connectivity index (χ4n) is 4.21. The highest BCUT2D eigenvalue weighted by Gasteiger charge is 2.38. The first-order valence-electron chi connectivity index (χ1n) is 10.7. The van der Waals surface area contributed by atoms with Gasteiger partial charge in [-0.05, 0) is 67.0 Å². The lowest BCUT2D eigenvalue weighted by molar-refractivity contribution is 0.0506. The van der Waals surface area contributed by atoms with Gasteiger partial charge in [-0.1, -0.05) is 45.4 Å². The first-order chi connectivity index (χ1) is 13.8. The molecule has 4 atom stereocenters. The van der Waals surface area contributed by atoms with Crippen LogP contribution >= 0.6 is 7.52 Å². The zero-order valence-corrected chi connectivity index (χ0v) is 19.2. The van der Waals surface area contributed by atoms with Gasteiger partial charge in [0.25, 0.3) is 0 Å². The maximum absolute atomic E-state index is 14.2. The van der Waals surface area contributed by atoms with Crippen molar-refractivity contribution in [2.75, 3.05) is 24.1 Å². The third-order valence-electron chi connectivity index (χ3n) is 6.00. The van der Waals surface area contributed by atoms with E-state index >= 15 is 0 Å². The molecule has 0 unspecified atom stereocenters. The molecular formula is C24H35N2O2P. The Kier molecular flexibility index (Phi) is 7.08. The molecule has 1 fully saturated rings. The summed E-state index contributed by atoms with van der Waals surface area (Å²) in [6, 6.07) is 17.6. The van der Waals surface area contributed by atoms with Gasteiger partial charge in [-0.3, -0.25) is 4.57 Å². The maximum Gasteiger partial charge on any atom is 0.324 e. The predicted octanol–water partition coefficient (Wildman–Crippen LogP) is 6.16. The summed E-state index contributed by atoms with van der Waals surface area (Å²) in [6.07, 6.45) is 3.31. The molecule has 2 aromatic carbocycles. The minimum Gasteiger partial charge on any atom is -0.378 e. The van der Waals surface area contributed by atoms with Gasteiger partial charge < -0.3 is 14.5 Å². The van der Waals surface area contributed by atoms with Crippen LogP contribution in [0.25, 0.3) is 0 Å². The zero-order valence-electron chi connectivity index (χ0n) is 18.3. The summed E-state index contributed by atoms with van der Waals surface area (Å²) >= 11 is 0. The molecule has 4 nitrogen and oxygen atoms in total. The van der Waals surface area contributed by atoms with Crippen LogP contribution in [-0.2, 0) is 9.09 Å². The number of nitrogens with one attached hydrogen (secondary N) is 1. The molecule has 29 heavy (non-hydrogen) atoms. The summed E-state index contributed by atoms with van der Waals surface area (Å²) in [5, 5.41) is 3.99. The normalized spacial score (nSPS) is 24.1. The Morgan fingerprint density at radius 1 is 1.03 bits per heavy atom. The van der Waals surface area contributed by atoms with E-state index in [2.05, 4.69) is 25.9 Å². The molecule has 1 aliphatic rings. The molecule has 0 saturated heterocycles. The van der Waals surface area contributed by atoms with E-state index in [-0.39, 0.29) is 6.10 Å². The van der Waals surface area contributed by atoms with Crippen molar-refractivity contribution in [3.63, 3.8) is 0 Å². The maximum atomic E-state index is 14.2. The first kappa shape index (κ1) is 21.9. The Balaban J connectivity index is 1.90. The average molecular weight is 415 g/mol. The summed E-state index contributed by atoms with van der Waals surface area (Å²) < 4.78 is 20.7. The molecule has 0 amide bonds. The van der Waals surface area contributed by atoms with Crippen LogP contribution in [0.5, 0.6) is 0 Å². The second-order valence-corrected chi connectivity index (χ2v) is 11.0. The summed E-state index contributed by atoms with van der Waals surface area (Å²) in [6.45, 7) is 6.77. The fraction of sp³-hybridized carbons (Fsp3) is 0.500. The van der Waals surface area contributed by atoms with Crippen LogP contribution in [0.2, 0.25) is 0 Å². The molecule has 1 saturated carbocycles. The van der Waals surface area contributed by atoms with E-state index in [0.29, 0.717) is 17.8 Å². The highest BCUT2D eigenvalue weighted by atomic mass is 31.2. The van der Waals surface area contributed by atoms with Crippen molar-refractivity contribution in [3.8, 4) is 0 Å². The Morgan fingerprint density at radius 3 is 2.28 bits per heavy atom. The largest absolute Gasteiger partial charge is 0.378 e. The molecule has 0 heterocycles. The topological polar surface area (TPSA) is 41.6 Å². The monoisotopic (exact) mass is 414 g/mol. The summed E-state index contributed by atoms with van der Waals surface area (Å²) in [5.74, 6) is 1.54. The molecule has 0 aliphatic heterocycles. The van der Waals surface area contributed by atoms with Crippen LogP contribution in [0.4, 0.5) is 11.4 Å². The SMILES string of the molecule is CC(C)[C@H]1CC[C@@H](C)C[C@H]1O[P@@](=O)(Nc1ccc(N(C)C)cc1)c1ccccc1. The zero-order chi connectivity index (χ0) is 21.0. The van der Waals surface area contributed by atoms with Gasteiger partial charge in [0.15, 0.2) is 0 Å². The predicted molar refractivity (Wildman–Crippen MR) is 124 cm³/mol. The van der Waals surface area contributed by atoms with Crippen LogP contribution in [0.1, 0.15) is 40.0 Å². The smallest absolute Gasteiger partial charge is 0.324 e. The summed E-state index contributed by atoms with van der Waals surface area (Å²) in [7, 11) is 0.753. The highest BCUT2D eigenvalue weighted by Crippen LogP contribution is 2.51. The Morgan fingerprint density at radius 2 is 1.69 bits per heavy atom. The Labute approximate surface area is 176 Å². The first-order valence-corrected chi connectivity index (χ1v) is 12.3. The third-order valence-corrected chi connectivity index (χ3v) is 8.10. The van der Waals surface area contributed by atoms with E-state index in [1.807, 2.05) is 73.6 Å². The van der Waals surface area contributed by atoms with Crippen molar-refractivity contribution >= 4 is 24.2 Å². The van der Waals surface area contributed by atoms with E-state index in [9.17, 15) is 4.57 Å². The van der Waals surface area contributed by atoms with Gasteiger partial charge >= 0.3 is 7.52 Å². The minimum atomic E-state index is -3.27. The minimum absolute atomic E-state index is 0.00154. The molecule has 0 aromatic heterocycles. The van der Waals surface area contributed by atoms with Crippen LogP contribution < -0.4 is 15.3 Å². The lowest BCUT2D eigenvalue weighted by Gasteiger charge is -2.39. The van der Waals surface area contributed by atoms with Crippen molar-refractivity contribution in [2.24, 2.45) is 17.8 Å². The molecule has 158 valence electrons. The van der Waals surface area contributed by atoms with Crippen LogP contribution in [0, 0.1) is 17.8 Å². The second kappa shape index (κ2) is 9.36. The summed E-state index contributed by atoms with van der Waals surface area (Å²) in [4.78, 5) is 2.05. The molecule has 2 aromatic rings. The van der Waals surface area contributed by atoms with E-state index in [1.54, 1.807) is 0 Å². The molecule has 5 heteroatoms. The molecule has 1 N–H and O–H groups in total. The van der Waals surface area contributed by atoms with Crippen molar-refractivity contribution < 1.29 is 9.09 Å². The average Bonchev–Trinajstić information content (AvgIpc) is 2.69. The van der Waals surface area contributed by atoms with Gasteiger partial charge in [-0.15, -0.1) is 0 Å². The van der Waals surface area contributed by atoms with Gasteiger partial charge in [0.1, 0.15) is 0 Å². The van der Waals surface area contributed by atoms with Crippen LogP contribution in [-0.4, -0.2) is 20.2 Å².